The molecule has 2 amide bonds. The molecule has 1 saturated heterocycles. The van der Waals surface area contributed by atoms with E-state index in [-0.39, 0.29) is 6.03 Å². The molecule has 1 fully saturated rings. The summed E-state index contributed by atoms with van der Waals surface area (Å²) < 4.78 is 5.55. The van der Waals surface area contributed by atoms with Gasteiger partial charge in [0.25, 0.3) is 0 Å². The molecule has 0 aromatic heterocycles. The Hall–Kier alpha value is -1.75. The lowest BCUT2D eigenvalue weighted by Crippen LogP contribution is -2.49. The van der Waals surface area contributed by atoms with E-state index in [1.807, 2.05) is 16.7 Å². The van der Waals surface area contributed by atoms with E-state index >= 15 is 0 Å². The van der Waals surface area contributed by atoms with E-state index in [0.29, 0.717) is 6.04 Å². The van der Waals surface area contributed by atoms with Crippen LogP contribution >= 0.6 is 0 Å². The lowest BCUT2D eigenvalue weighted by molar-refractivity contribution is 0.198. The summed E-state index contributed by atoms with van der Waals surface area (Å²) in [5, 5.41) is 3.43. The van der Waals surface area contributed by atoms with Crippen molar-refractivity contribution in [3.05, 3.63) is 23.3 Å². The zero-order valence-electron chi connectivity index (χ0n) is 13.0. The first-order valence-corrected chi connectivity index (χ1v) is 7.66. The van der Waals surface area contributed by atoms with Crippen molar-refractivity contribution >= 4 is 11.7 Å². The molecule has 2 heterocycles. The van der Waals surface area contributed by atoms with Crippen molar-refractivity contribution < 1.29 is 9.53 Å². The fourth-order valence-corrected chi connectivity index (χ4v) is 3.23. The SMILES string of the molecule is CCN1CCCN(c2cc3c(cc2OC)C(C)NC3)C1=O. The van der Waals surface area contributed by atoms with Crippen LogP contribution in [0.25, 0.3) is 0 Å². The largest absolute Gasteiger partial charge is 0.495 e. The second kappa shape index (κ2) is 5.56. The Morgan fingerprint density at radius 1 is 1.38 bits per heavy atom. The van der Waals surface area contributed by atoms with Crippen molar-refractivity contribution in [3.8, 4) is 5.75 Å². The molecular weight excluding hydrogens is 266 g/mol. The molecule has 21 heavy (non-hydrogen) atoms. The Morgan fingerprint density at radius 2 is 2.19 bits per heavy atom. The van der Waals surface area contributed by atoms with Crippen LogP contribution in [0.2, 0.25) is 0 Å². The fourth-order valence-electron chi connectivity index (χ4n) is 3.23. The van der Waals surface area contributed by atoms with Crippen LogP contribution in [0, 0.1) is 0 Å². The van der Waals surface area contributed by atoms with E-state index in [9.17, 15) is 4.79 Å². The van der Waals surface area contributed by atoms with E-state index in [1.165, 1.54) is 11.1 Å². The smallest absolute Gasteiger partial charge is 0.324 e. The number of ether oxygens (including phenoxy) is 1. The highest BCUT2D eigenvalue weighted by Crippen LogP contribution is 2.37. The maximum absolute atomic E-state index is 12.6. The standard InChI is InChI=1S/C16H23N3O2/c1-4-18-6-5-7-19(16(18)20)14-8-12-10-17-11(2)13(12)9-15(14)21-3/h8-9,11,17H,4-7,10H2,1-3H3. The molecule has 1 aromatic rings. The van der Waals surface area contributed by atoms with Crippen LogP contribution in [0.5, 0.6) is 5.75 Å². The minimum Gasteiger partial charge on any atom is -0.495 e. The number of urea groups is 1. The third-order valence-electron chi connectivity index (χ3n) is 4.49. The highest BCUT2D eigenvalue weighted by Gasteiger charge is 2.29. The minimum absolute atomic E-state index is 0.0843. The zero-order chi connectivity index (χ0) is 15.0. The number of nitrogens with one attached hydrogen (secondary N) is 1. The highest BCUT2D eigenvalue weighted by molar-refractivity contribution is 5.94. The van der Waals surface area contributed by atoms with Crippen LogP contribution in [0.15, 0.2) is 12.1 Å². The molecule has 0 spiro atoms. The first kappa shape index (κ1) is 14.2. The molecule has 3 rings (SSSR count). The quantitative estimate of drug-likeness (QED) is 0.930. The van der Waals surface area contributed by atoms with Gasteiger partial charge in [0.05, 0.1) is 12.8 Å². The summed E-state index contributed by atoms with van der Waals surface area (Å²) in [5.74, 6) is 0.788. The molecular formula is C16H23N3O2. The van der Waals surface area contributed by atoms with Gasteiger partial charge in [0, 0.05) is 32.2 Å². The van der Waals surface area contributed by atoms with Crippen LogP contribution in [-0.4, -0.2) is 37.7 Å². The molecule has 1 aromatic carbocycles. The second-order valence-electron chi connectivity index (χ2n) is 5.69. The van der Waals surface area contributed by atoms with Crippen molar-refractivity contribution in [2.24, 2.45) is 0 Å². The van der Waals surface area contributed by atoms with Crippen LogP contribution in [-0.2, 0) is 6.54 Å². The highest BCUT2D eigenvalue weighted by atomic mass is 16.5. The molecule has 0 bridgehead atoms. The van der Waals surface area contributed by atoms with Crippen molar-refractivity contribution in [1.82, 2.24) is 10.2 Å². The van der Waals surface area contributed by atoms with Crippen molar-refractivity contribution in [3.63, 3.8) is 0 Å². The zero-order valence-corrected chi connectivity index (χ0v) is 13.0. The average Bonchev–Trinajstić information content (AvgIpc) is 2.87. The molecule has 2 aliphatic rings. The number of amides is 2. The summed E-state index contributed by atoms with van der Waals surface area (Å²) in [7, 11) is 1.67. The van der Waals surface area contributed by atoms with Crippen LogP contribution in [0.1, 0.15) is 37.4 Å². The van der Waals surface area contributed by atoms with Gasteiger partial charge in [-0.1, -0.05) is 0 Å². The first-order valence-electron chi connectivity index (χ1n) is 7.66. The Balaban J connectivity index is 2.00. The molecule has 114 valence electrons. The number of carbonyl (C=O) groups is 1. The summed E-state index contributed by atoms with van der Waals surface area (Å²) in [4.78, 5) is 16.3. The summed E-state index contributed by atoms with van der Waals surface area (Å²) in [5.41, 5.74) is 3.43. The van der Waals surface area contributed by atoms with Gasteiger partial charge in [0.1, 0.15) is 5.75 Å². The lowest BCUT2D eigenvalue weighted by atomic mass is 10.0. The predicted octanol–water partition coefficient (Wildman–Crippen LogP) is 2.51. The molecule has 2 aliphatic heterocycles. The van der Waals surface area contributed by atoms with Gasteiger partial charge in [-0.05, 0) is 43.5 Å². The Kier molecular flexibility index (Phi) is 3.76. The molecule has 5 nitrogen and oxygen atoms in total. The van der Waals surface area contributed by atoms with E-state index in [2.05, 4.69) is 24.4 Å². The monoisotopic (exact) mass is 289 g/mol. The maximum atomic E-state index is 12.6. The molecule has 1 unspecified atom stereocenters. The number of fused-ring (bicyclic) bond motifs is 1. The summed E-state index contributed by atoms with van der Waals surface area (Å²) in [6.45, 7) is 7.38. The number of carbonyl (C=O) groups excluding carboxylic acids is 1. The Bertz CT molecular complexity index is 559. The summed E-state index contributed by atoms with van der Waals surface area (Å²) >= 11 is 0. The van der Waals surface area contributed by atoms with Crippen molar-refractivity contribution in [1.29, 1.82) is 0 Å². The summed E-state index contributed by atoms with van der Waals surface area (Å²) in [6, 6.07) is 4.61. The third-order valence-corrected chi connectivity index (χ3v) is 4.49. The van der Waals surface area contributed by atoms with Crippen LogP contribution < -0.4 is 15.0 Å². The van der Waals surface area contributed by atoms with E-state index in [0.717, 1.165) is 44.0 Å². The normalized spacial score (nSPS) is 21.7. The van der Waals surface area contributed by atoms with Gasteiger partial charge in [0.2, 0.25) is 0 Å². The van der Waals surface area contributed by atoms with Gasteiger partial charge in [-0.15, -0.1) is 0 Å². The number of hydrogen-bond donors (Lipinski definition) is 1. The fraction of sp³-hybridized carbons (Fsp3) is 0.562. The number of benzene rings is 1. The Labute approximate surface area is 125 Å². The molecule has 0 saturated carbocycles. The number of nitrogens with zero attached hydrogens (tertiary/aromatic N) is 2. The van der Waals surface area contributed by atoms with Gasteiger partial charge in [-0.3, -0.25) is 4.90 Å². The number of anilines is 1. The topological polar surface area (TPSA) is 44.8 Å². The van der Waals surface area contributed by atoms with Gasteiger partial charge < -0.3 is 15.0 Å². The van der Waals surface area contributed by atoms with E-state index in [1.54, 1.807) is 7.11 Å². The second-order valence-corrected chi connectivity index (χ2v) is 5.69. The van der Waals surface area contributed by atoms with Gasteiger partial charge >= 0.3 is 6.03 Å². The van der Waals surface area contributed by atoms with Crippen molar-refractivity contribution in [2.45, 2.75) is 32.9 Å². The van der Waals surface area contributed by atoms with Gasteiger partial charge in [0.15, 0.2) is 0 Å². The summed E-state index contributed by atoms with van der Waals surface area (Å²) in [6.07, 6.45) is 0.995. The average molecular weight is 289 g/mol. The van der Waals surface area contributed by atoms with Gasteiger partial charge in [-0.25, -0.2) is 4.79 Å². The van der Waals surface area contributed by atoms with Gasteiger partial charge in [-0.2, -0.15) is 0 Å². The number of hydrogen-bond acceptors (Lipinski definition) is 3. The molecule has 1 atom stereocenters. The molecule has 1 N–H and O–H groups in total. The molecule has 0 radical (unpaired) electrons. The Morgan fingerprint density at radius 3 is 2.90 bits per heavy atom. The van der Waals surface area contributed by atoms with E-state index < -0.39 is 0 Å². The predicted molar refractivity (Wildman–Crippen MR) is 82.9 cm³/mol. The maximum Gasteiger partial charge on any atom is 0.324 e. The van der Waals surface area contributed by atoms with Crippen LogP contribution in [0.3, 0.4) is 0 Å². The minimum atomic E-state index is 0.0843. The first-order chi connectivity index (χ1) is 10.2. The molecule has 0 aliphatic carbocycles. The number of methoxy groups -OCH3 is 1. The van der Waals surface area contributed by atoms with Crippen molar-refractivity contribution in [2.75, 3.05) is 31.6 Å². The van der Waals surface area contributed by atoms with Crippen LogP contribution in [0.4, 0.5) is 10.5 Å². The third kappa shape index (κ3) is 2.35. The van der Waals surface area contributed by atoms with E-state index in [4.69, 9.17) is 4.74 Å². The lowest BCUT2D eigenvalue weighted by Gasteiger charge is -2.35. The molecule has 5 heteroatoms. The number of rotatable bonds is 3.